The summed E-state index contributed by atoms with van der Waals surface area (Å²) in [6.45, 7) is 2.03. The molecular weight excluding hydrogens is 357 g/mol. The van der Waals surface area contributed by atoms with Crippen molar-refractivity contribution in [2.75, 3.05) is 6.54 Å². The molecular formula is C18H18FN3O3S. The molecule has 0 saturated carbocycles. The first kappa shape index (κ1) is 18.2. The largest absolute Gasteiger partial charge is 0.421 e. The van der Waals surface area contributed by atoms with E-state index in [1.807, 2.05) is 25.1 Å². The van der Waals surface area contributed by atoms with E-state index in [1.54, 1.807) is 18.2 Å². The van der Waals surface area contributed by atoms with Crippen molar-refractivity contribution < 1.29 is 17.2 Å². The Labute approximate surface area is 151 Å². The fourth-order valence-electron chi connectivity index (χ4n) is 2.48. The van der Waals surface area contributed by atoms with E-state index in [2.05, 4.69) is 14.9 Å². The van der Waals surface area contributed by atoms with Crippen molar-refractivity contribution in [3.63, 3.8) is 0 Å². The van der Waals surface area contributed by atoms with E-state index in [0.717, 1.165) is 11.1 Å². The van der Waals surface area contributed by atoms with Crippen LogP contribution in [0.1, 0.15) is 17.0 Å². The standard InChI is InChI=1S/C18H18FN3O3S/c1-13-5-4-6-14(11-13)12-26(23,24)20-10-9-17-21-22-18(25-17)15-7-2-3-8-16(15)19/h2-8,11,20H,9-10,12H2,1H3. The number of benzene rings is 2. The third-order valence-electron chi connectivity index (χ3n) is 3.67. The van der Waals surface area contributed by atoms with Gasteiger partial charge in [-0.05, 0) is 24.6 Å². The molecule has 136 valence electrons. The third-order valence-corrected chi connectivity index (χ3v) is 5.03. The number of rotatable bonds is 7. The van der Waals surface area contributed by atoms with Crippen LogP contribution in [-0.4, -0.2) is 25.2 Å². The number of aromatic nitrogens is 2. The van der Waals surface area contributed by atoms with Crippen molar-refractivity contribution in [1.82, 2.24) is 14.9 Å². The van der Waals surface area contributed by atoms with E-state index in [9.17, 15) is 12.8 Å². The maximum absolute atomic E-state index is 13.7. The lowest BCUT2D eigenvalue weighted by molar-refractivity contribution is 0.498. The molecule has 0 fully saturated rings. The molecule has 26 heavy (non-hydrogen) atoms. The van der Waals surface area contributed by atoms with Crippen LogP contribution in [-0.2, 0) is 22.2 Å². The van der Waals surface area contributed by atoms with Crippen LogP contribution in [0.4, 0.5) is 4.39 Å². The first-order chi connectivity index (χ1) is 12.4. The second-order valence-corrected chi connectivity index (χ2v) is 7.68. The Kier molecular flexibility index (Phi) is 5.43. The van der Waals surface area contributed by atoms with E-state index in [-0.39, 0.29) is 36.1 Å². The number of hydrogen-bond donors (Lipinski definition) is 1. The SMILES string of the molecule is Cc1cccc(CS(=O)(=O)NCCc2nnc(-c3ccccc3F)o2)c1. The molecule has 0 atom stereocenters. The Balaban J connectivity index is 1.57. The summed E-state index contributed by atoms with van der Waals surface area (Å²) in [7, 11) is -3.47. The minimum atomic E-state index is -3.47. The van der Waals surface area contributed by atoms with Gasteiger partial charge in [-0.1, -0.05) is 42.0 Å². The molecule has 3 aromatic rings. The second kappa shape index (κ2) is 7.76. The highest BCUT2D eigenvalue weighted by molar-refractivity contribution is 7.88. The lowest BCUT2D eigenvalue weighted by atomic mass is 10.2. The fourth-order valence-corrected chi connectivity index (χ4v) is 3.62. The monoisotopic (exact) mass is 375 g/mol. The molecule has 0 aliphatic heterocycles. The minimum absolute atomic E-state index is 0.0701. The van der Waals surface area contributed by atoms with Crippen molar-refractivity contribution in [2.45, 2.75) is 19.1 Å². The summed E-state index contributed by atoms with van der Waals surface area (Å²) in [5, 5.41) is 7.64. The van der Waals surface area contributed by atoms with Crippen LogP contribution in [0.15, 0.2) is 52.9 Å². The maximum Gasteiger partial charge on any atom is 0.250 e. The molecule has 0 amide bonds. The van der Waals surface area contributed by atoms with Gasteiger partial charge >= 0.3 is 0 Å². The highest BCUT2D eigenvalue weighted by Gasteiger charge is 2.14. The van der Waals surface area contributed by atoms with Crippen LogP contribution in [0.5, 0.6) is 0 Å². The molecule has 0 saturated heterocycles. The van der Waals surface area contributed by atoms with E-state index < -0.39 is 15.8 Å². The normalized spacial score (nSPS) is 11.6. The Bertz CT molecular complexity index is 1000. The third kappa shape index (κ3) is 4.74. The molecule has 2 aromatic carbocycles. The summed E-state index contributed by atoms with van der Waals surface area (Å²) < 4.78 is 45.9. The van der Waals surface area contributed by atoms with Crippen LogP contribution < -0.4 is 4.72 Å². The van der Waals surface area contributed by atoms with Gasteiger partial charge in [-0.15, -0.1) is 10.2 Å². The van der Waals surface area contributed by atoms with Crippen molar-refractivity contribution in [2.24, 2.45) is 0 Å². The van der Waals surface area contributed by atoms with Gasteiger partial charge in [0.2, 0.25) is 15.9 Å². The van der Waals surface area contributed by atoms with Crippen molar-refractivity contribution in [3.05, 3.63) is 71.4 Å². The predicted octanol–water partition coefficient (Wildman–Crippen LogP) is 2.85. The van der Waals surface area contributed by atoms with Crippen molar-refractivity contribution >= 4 is 10.0 Å². The Morgan fingerprint density at radius 1 is 1.12 bits per heavy atom. The molecule has 0 radical (unpaired) electrons. The number of hydrogen-bond acceptors (Lipinski definition) is 5. The molecule has 0 aliphatic carbocycles. The van der Waals surface area contributed by atoms with Gasteiger partial charge in [0.05, 0.1) is 11.3 Å². The lowest BCUT2D eigenvalue weighted by Crippen LogP contribution is -2.27. The average Bonchev–Trinajstić information content (AvgIpc) is 3.03. The Hall–Kier alpha value is -2.58. The Morgan fingerprint density at radius 2 is 1.92 bits per heavy atom. The zero-order chi connectivity index (χ0) is 18.6. The number of nitrogens with one attached hydrogen (secondary N) is 1. The topological polar surface area (TPSA) is 85.1 Å². The van der Waals surface area contributed by atoms with Gasteiger partial charge in [-0.2, -0.15) is 0 Å². The molecule has 0 spiro atoms. The fraction of sp³-hybridized carbons (Fsp3) is 0.222. The van der Waals surface area contributed by atoms with E-state index in [0.29, 0.717) is 0 Å². The zero-order valence-electron chi connectivity index (χ0n) is 14.1. The average molecular weight is 375 g/mol. The van der Waals surface area contributed by atoms with Gasteiger partial charge in [0.1, 0.15) is 5.82 Å². The van der Waals surface area contributed by atoms with Gasteiger partial charge in [0, 0.05) is 13.0 Å². The predicted molar refractivity (Wildman–Crippen MR) is 95.2 cm³/mol. The number of sulfonamides is 1. The number of aryl methyl sites for hydroxylation is 1. The van der Waals surface area contributed by atoms with E-state index in [4.69, 9.17) is 4.42 Å². The first-order valence-corrected chi connectivity index (χ1v) is 9.68. The summed E-state index contributed by atoms with van der Waals surface area (Å²) >= 11 is 0. The molecule has 0 unspecified atom stereocenters. The van der Waals surface area contributed by atoms with Crippen LogP contribution in [0.25, 0.3) is 11.5 Å². The van der Waals surface area contributed by atoms with Crippen LogP contribution in [0.2, 0.25) is 0 Å². The molecule has 1 aromatic heterocycles. The first-order valence-electron chi connectivity index (χ1n) is 8.03. The molecule has 6 nitrogen and oxygen atoms in total. The number of halogens is 1. The summed E-state index contributed by atoms with van der Waals surface area (Å²) in [6.07, 6.45) is 0.217. The van der Waals surface area contributed by atoms with E-state index >= 15 is 0 Å². The molecule has 1 N–H and O–H groups in total. The molecule has 1 heterocycles. The van der Waals surface area contributed by atoms with Crippen LogP contribution >= 0.6 is 0 Å². The number of nitrogens with zero attached hydrogens (tertiary/aromatic N) is 2. The molecule has 0 aliphatic rings. The van der Waals surface area contributed by atoms with Crippen LogP contribution in [0.3, 0.4) is 0 Å². The van der Waals surface area contributed by atoms with E-state index in [1.165, 1.54) is 12.1 Å². The van der Waals surface area contributed by atoms with Gasteiger partial charge < -0.3 is 4.42 Å². The van der Waals surface area contributed by atoms with Crippen molar-refractivity contribution in [3.8, 4) is 11.5 Å². The van der Waals surface area contributed by atoms with Gasteiger partial charge in [0.15, 0.2) is 0 Å². The maximum atomic E-state index is 13.7. The zero-order valence-corrected chi connectivity index (χ0v) is 15.0. The Morgan fingerprint density at radius 3 is 2.69 bits per heavy atom. The van der Waals surface area contributed by atoms with Gasteiger partial charge in [-0.3, -0.25) is 0 Å². The van der Waals surface area contributed by atoms with Crippen molar-refractivity contribution in [1.29, 1.82) is 0 Å². The highest BCUT2D eigenvalue weighted by Crippen LogP contribution is 2.20. The lowest BCUT2D eigenvalue weighted by Gasteiger charge is -2.06. The summed E-state index contributed by atoms with van der Waals surface area (Å²) in [6, 6.07) is 13.4. The molecule has 3 rings (SSSR count). The van der Waals surface area contributed by atoms with Gasteiger partial charge in [-0.25, -0.2) is 17.5 Å². The van der Waals surface area contributed by atoms with Crippen LogP contribution in [0, 0.1) is 12.7 Å². The molecule has 8 heteroatoms. The van der Waals surface area contributed by atoms with Gasteiger partial charge in [0.25, 0.3) is 5.89 Å². The quantitative estimate of drug-likeness (QED) is 0.686. The second-order valence-electron chi connectivity index (χ2n) is 5.87. The molecule has 0 bridgehead atoms. The summed E-state index contributed by atoms with van der Waals surface area (Å²) in [4.78, 5) is 0. The summed E-state index contributed by atoms with van der Waals surface area (Å²) in [5.41, 5.74) is 1.94. The highest BCUT2D eigenvalue weighted by atomic mass is 32.2. The minimum Gasteiger partial charge on any atom is -0.421 e. The summed E-state index contributed by atoms with van der Waals surface area (Å²) in [5.74, 6) is -0.247. The smallest absolute Gasteiger partial charge is 0.250 e.